The highest BCUT2D eigenvalue weighted by molar-refractivity contribution is 9.10. The number of ether oxygens (including phenoxy) is 1. The van der Waals surface area contributed by atoms with Gasteiger partial charge in [-0.3, -0.25) is 4.79 Å². The number of rotatable bonds is 3. The summed E-state index contributed by atoms with van der Waals surface area (Å²) in [7, 11) is 1.44. The molecule has 14 heavy (non-hydrogen) atoms. The molecule has 0 atom stereocenters. The Labute approximate surface area is 94.8 Å². The number of halogens is 2. The second-order valence-corrected chi connectivity index (χ2v) is 3.68. The standard InChI is InChI=1S/C9H8BrClO3/c1-14-9-3-6(10)5(2-7(9)12)8(13)4-11/h2-3,12H,4H2,1H3. The van der Waals surface area contributed by atoms with Gasteiger partial charge >= 0.3 is 0 Å². The first kappa shape index (κ1) is 11.3. The van der Waals surface area contributed by atoms with Gasteiger partial charge in [-0.25, -0.2) is 0 Å². The molecule has 5 heteroatoms. The van der Waals surface area contributed by atoms with Crippen LogP contribution in [0.2, 0.25) is 0 Å². The maximum absolute atomic E-state index is 11.3. The fraction of sp³-hybridized carbons (Fsp3) is 0.222. The third-order valence-corrected chi connectivity index (χ3v) is 2.59. The van der Waals surface area contributed by atoms with Gasteiger partial charge in [0.05, 0.1) is 13.0 Å². The molecule has 0 saturated heterocycles. The van der Waals surface area contributed by atoms with E-state index in [1.165, 1.54) is 19.2 Å². The lowest BCUT2D eigenvalue weighted by atomic mass is 10.1. The molecule has 0 unspecified atom stereocenters. The Balaban J connectivity index is 3.21. The Morgan fingerprint density at radius 1 is 1.64 bits per heavy atom. The number of methoxy groups -OCH3 is 1. The summed E-state index contributed by atoms with van der Waals surface area (Å²) < 4.78 is 5.42. The van der Waals surface area contributed by atoms with Crippen LogP contribution in [-0.4, -0.2) is 23.9 Å². The van der Waals surface area contributed by atoms with Gasteiger partial charge in [0.15, 0.2) is 17.3 Å². The van der Waals surface area contributed by atoms with Crippen molar-refractivity contribution in [3.63, 3.8) is 0 Å². The Morgan fingerprint density at radius 2 is 2.29 bits per heavy atom. The molecule has 0 amide bonds. The average Bonchev–Trinajstić information content (AvgIpc) is 2.19. The number of ketones is 1. The van der Waals surface area contributed by atoms with Gasteiger partial charge in [-0.05, 0) is 28.1 Å². The molecule has 0 heterocycles. The summed E-state index contributed by atoms with van der Waals surface area (Å²) in [6.45, 7) is 0. The van der Waals surface area contributed by atoms with Crippen LogP contribution in [0, 0.1) is 0 Å². The summed E-state index contributed by atoms with van der Waals surface area (Å²) in [6, 6.07) is 2.85. The molecule has 0 radical (unpaired) electrons. The monoisotopic (exact) mass is 278 g/mol. The highest BCUT2D eigenvalue weighted by Gasteiger charge is 2.13. The van der Waals surface area contributed by atoms with Gasteiger partial charge in [-0.1, -0.05) is 0 Å². The van der Waals surface area contributed by atoms with Crippen molar-refractivity contribution in [3.8, 4) is 11.5 Å². The number of carbonyl (C=O) groups is 1. The SMILES string of the molecule is COc1cc(Br)c(C(=O)CCl)cc1O. The number of alkyl halides is 1. The summed E-state index contributed by atoms with van der Waals surface area (Å²) in [5.74, 6) is -0.145. The minimum absolute atomic E-state index is 0.0795. The van der Waals surface area contributed by atoms with Crippen molar-refractivity contribution in [2.24, 2.45) is 0 Å². The smallest absolute Gasteiger partial charge is 0.178 e. The van der Waals surface area contributed by atoms with E-state index < -0.39 is 0 Å². The van der Waals surface area contributed by atoms with Crippen LogP contribution in [0.3, 0.4) is 0 Å². The molecule has 3 nitrogen and oxygen atoms in total. The van der Waals surface area contributed by atoms with Gasteiger partial charge in [0.1, 0.15) is 0 Å². The van der Waals surface area contributed by atoms with Gasteiger partial charge in [0.2, 0.25) is 0 Å². The van der Waals surface area contributed by atoms with Crippen molar-refractivity contribution < 1.29 is 14.6 Å². The molecule has 76 valence electrons. The van der Waals surface area contributed by atoms with E-state index in [0.717, 1.165) is 0 Å². The third kappa shape index (κ3) is 2.19. The zero-order valence-corrected chi connectivity index (χ0v) is 9.72. The number of aromatic hydroxyl groups is 1. The van der Waals surface area contributed by atoms with Crippen LogP contribution in [0.4, 0.5) is 0 Å². The van der Waals surface area contributed by atoms with Crippen molar-refractivity contribution in [2.45, 2.75) is 0 Å². The molecule has 1 aromatic rings. The van der Waals surface area contributed by atoms with Crippen LogP contribution >= 0.6 is 27.5 Å². The van der Waals surface area contributed by atoms with Gasteiger partial charge in [0, 0.05) is 10.0 Å². The van der Waals surface area contributed by atoms with Crippen molar-refractivity contribution in [1.29, 1.82) is 0 Å². The van der Waals surface area contributed by atoms with E-state index in [1.807, 2.05) is 0 Å². The summed E-state index contributed by atoms with van der Waals surface area (Å²) in [4.78, 5) is 11.3. The van der Waals surface area contributed by atoms with E-state index >= 15 is 0 Å². The largest absolute Gasteiger partial charge is 0.504 e. The lowest BCUT2D eigenvalue weighted by molar-refractivity contribution is 0.102. The van der Waals surface area contributed by atoms with Crippen LogP contribution in [0.5, 0.6) is 11.5 Å². The van der Waals surface area contributed by atoms with E-state index in [4.69, 9.17) is 16.3 Å². The molecule has 0 spiro atoms. The molecule has 0 fully saturated rings. The number of Topliss-reactive ketones (excluding diaryl/α,β-unsaturated/α-hetero) is 1. The zero-order valence-electron chi connectivity index (χ0n) is 7.38. The first-order chi connectivity index (χ1) is 6.60. The zero-order chi connectivity index (χ0) is 10.7. The fourth-order valence-corrected chi connectivity index (χ4v) is 1.68. The fourth-order valence-electron chi connectivity index (χ4n) is 0.993. The summed E-state index contributed by atoms with van der Waals surface area (Å²) >= 11 is 8.59. The summed E-state index contributed by atoms with van der Waals surface area (Å²) in [5, 5.41) is 9.42. The van der Waals surface area contributed by atoms with Gasteiger partial charge in [0.25, 0.3) is 0 Å². The Hall–Kier alpha value is -0.740. The molecule has 1 N–H and O–H groups in total. The van der Waals surface area contributed by atoms with E-state index in [0.29, 0.717) is 15.8 Å². The van der Waals surface area contributed by atoms with Crippen molar-refractivity contribution in [3.05, 3.63) is 22.2 Å². The van der Waals surface area contributed by atoms with Crippen molar-refractivity contribution in [2.75, 3.05) is 13.0 Å². The highest BCUT2D eigenvalue weighted by Crippen LogP contribution is 2.32. The molecule has 1 rings (SSSR count). The average molecular weight is 280 g/mol. The molecule has 0 aliphatic carbocycles. The Morgan fingerprint density at radius 3 is 2.79 bits per heavy atom. The number of hydrogen-bond acceptors (Lipinski definition) is 3. The van der Waals surface area contributed by atoms with E-state index in [-0.39, 0.29) is 17.4 Å². The maximum Gasteiger partial charge on any atom is 0.178 e. The molecule has 0 aromatic heterocycles. The molecule has 0 saturated carbocycles. The predicted octanol–water partition coefficient (Wildman–Crippen LogP) is 2.58. The second-order valence-electron chi connectivity index (χ2n) is 2.56. The molecule has 0 bridgehead atoms. The van der Waals surface area contributed by atoms with Crippen LogP contribution in [0.1, 0.15) is 10.4 Å². The minimum Gasteiger partial charge on any atom is -0.504 e. The number of benzene rings is 1. The molecule has 0 aliphatic heterocycles. The van der Waals surface area contributed by atoms with Gasteiger partial charge in [-0.15, -0.1) is 11.6 Å². The van der Waals surface area contributed by atoms with E-state index in [2.05, 4.69) is 15.9 Å². The van der Waals surface area contributed by atoms with Gasteiger partial charge < -0.3 is 9.84 Å². The van der Waals surface area contributed by atoms with E-state index in [1.54, 1.807) is 0 Å². The molecular weight excluding hydrogens is 271 g/mol. The number of phenolic OH excluding ortho intramolecular Hbond substituents is 1. The number of phenols is 1. The van der Waals surface area contributed by atoms with Crippen molar-refractivity contribution >= 4 is 33.3 Å². The highest BCUT2D eigenvalue weighted by atomic mass is 79.9. The van der Waals surface area contributed by atoms with Crippen LogP contribution in [0.15, 0.2) is 16.6 Å². The Kier molecular flexibility index (Phi) is 3.77. The number of hydrogen-bond donors (Lipinski definition) is 1. The molecule has 1 aromatic carbocycles. The third-order valence-electron chi connectivity index (χ3n) is 1.69. The lowest BCUT2D eigenvalue weighted by Crippen LogP contribution is -2.01. The summed E-state index contributed by atoms with van der Waals surface area (Å²) in [5.41, 5.74) is 0.346. The van der Waals surface area contributed by atoms with Crippen LogP contribution in [0.25, 0.3) is 0 Å². The molecular formula is C9H8BrClO3. The van der Waals surface area contributed by atoms with Crippen LogP contribution < -0.4 is 4.74 Å². The number of carbonyl (C=O) groups excluding carboxylic acids is 1. The quantitative estimate of drug-likeness (QED) is 0.683. The first-order valence-corrected chi connectivity index (χ1v) is 5.08. The first-order valence-electron chi connectivity index (χ1n) is 3.75. The van der Waals surface area contributed by atoms with E-state index in [9.17, 15) is 9.90 Å². The second kappa shape index (κ2) is 4.66. The Bertz CT molecular complexity index is 365. The van der Waals surface area contributed by atoms with Crippen LogP contribution in [-0.2, 0) is 0 Å². The predicted molar refractivity (Wildman–Crippen MR) is 57.4 cm³/mol. The maximum atomic E-state index is 11.3. The van der Waals surface area contributed by atoms with Crippen molar-refractivity contribution in [1.82, 2.24) is 0 Å². The topological polar surface area (TPSA) is 46.5 Å². The lowest BCUT2D eigenvalue weighted by Gasteiger charge is -2.07. The normalized spacial score (nSPS) is 9.93. The summed E-state index contributed by atoms with van der Waals surface area (Å²) in [6.07, 6.45) is 0. The minimum atomic E-state index is -0.253. The van der Waals surface area contributed by atoms with Gasteiger partial charge in [-0.2, -0.15) is 0 Å². The molecule has 0 aliphatic rings.